The average Bonchev–Trinajstić information content (AvgIpc) is 3.10. The first-order valence-corrected chi connectivity index (χ1v) is 8.76. The Bertz CT molecular complexity index is 916. The Hall–Kier alpha value is -2.75. The molecule has 1 amide bonds. The summed E-state index contributed by atoms with van der Waals surface area (Å²) in [5.41, 5.74) is 3.79. The van der Waals surface area contributed by atoms with E-state index in [1.807, 2.05) is 42.3 Å². The molecule has 3 heterocycles. The van der Waals surface area contributed by atoms with E-state index in [4.69, 9.17) is 0 Å². The van der Waals surface area contributed by atoms with Crippen molar-refractivity contribution in [1.82, 2.24) is 14.9 Å². The van der Waals surface area contributed by atoms with E-state index in [2.05, 4.69) is 28.2 Å². The number of nitrogens with zero attached hydrogens (tertiary/aromatic N) is 3. The van der Waals surface area contributed by atoms with Gasteiger partial charge in [-0.15, -0.1) is 0 Å². The van der Waals surface area contributed by atoms with E-state index in [1.165, 1.54) is 10.9 Å². The maximum atomic E-state index is 12.7. The number of fused-ring (bicyclic) bond motifs is 1. The first kappa shape index (κ1) is 15.8. The lowest BCUT2D eigenvalue weighted by Crippen LogP contribution is -2.29. The highest BCUT2D eigenvalue weighted by Crippen LogP contribution is 2.25. The van der Waals surface area contributed by atoms with Crippen molar-refractivity contribution in [3.8, 4) is 0 Å². The molecule has 4 nitrogen and oxygen atoms in total. The van der Waals surface area contributed by atoms with Crippen molar-refractivity contribution in [2.24, 2.45) is 5.92 Å². The molecular weight excluding hydrogens is 310 g/mol. The minimum absolute atomic E-state index is 0.0470. The number of likely N-dealkylation sites (tertiary alicyclic amines) is 1. The van der Waals surface area contributed by atoms with Gasteiger partial charge in [-0.05, 0) is 55.5 Å². The van der Waals surface area contributed by atoms with Crippen molar-refractivity contribution in [2.75, 3.05) is 13.1 Å². The van der Waals surface area contributed by atoms with Gasteiger partial charge in [-0.2, -0.15) is 0 Å². The normalized spacial score (nSPS) is 17.2. The lowest BCUT2D eigenvalue weighted by Gasteiger charge is -2.16. The van der Waals surface area contributed by atoms with Crippen LogP contribution < -0.4 is 0 Å². The number of pyridine rings is 2. The second-order valence-corrected chi connectivity index (χ2v) is 6.76. The molecule has 1 fully saturated rings. The van der Waals surface area contributed by atoms with Crippen LogP contribution >= 0.6 is 0 Å². The van der Waals surface area contributed by atoms with Crippen LogP contribution in [-0.4, -0.2) is 33.9 Å². The molecule has 1 aromatic carbocycles. The van der Waals surface area contributed by atoms with Gasteiger partial charge in [0.1, 0.15) is 5.69 Å². The van der Waals surface area contributed by atoms with Gasteiger partial charge in [0.15, 0.2) is 0 Å². The summed E-state index contributed by atoms with van der Waals surface area (Å²) < 4.78 is 0. The Labute approximate surface area is 147 Å². The highest BCUT2D eigenvalue weighted by Gasteiger charge is 2.28. The van der Waals surface area contributed by atoms with Gasteiger partial charge in [0.2, 0.25) is 0 Å². The lowest BCUT2D eigenvalue weighted by molar-refractivity contribution is 0.0781. The molecule has 1 atom stereocenters. The zero-order valence-corrected chi connectivity index (χ0v) is 14.4. The lowest BCUT2D eigenvalue weighted by atomic mass is 9.96. The number of para-hydroxylation sites is 1. The minimum Gasteiger partial charge on any atom is -0.337 e. The smallest absolute Gasteiger partial charge is 0.272 e. The predicted octanol–water partition coefficient (Wildman–Crippen LogP) is 3.64. The van der Waals surface area contributed by atoms with Gasteiger partial charge in [0, 0.05) is 30.4 Å². The monoisotopic (exact) mass is 331 g/mol. The molecule has 3 aromatic rings. The van der Waals surface area contributed by atoms with E-state index < -0.39 is 0 Å². The highest BCUT2D eigenvalue weighted by atomic mass is 16.2. The van der Waals surface area contributed by atoms with Crippen LogP contribution in [0.25, 0.3) is 10.9 Å². The van der Waals surface area contributed by atoms with Crippen molar-refractivity contribution >= 4 is 16.8 Å². The number of hydrogen-bond donors (Lipinski definition) is 0. The molecule has 4 heteroatoms. The molecule has 0 radical (unpaired) electrons. The molecule has 126 valence electrons. The Morgan fingerprint density at radius 2 is 2.04 bits per heavy atom. The summed E-state index contributed by atoms with van der Waals surface area (Å²) in [6.07, 6.45) is 3.90. The molecule has 0 unspecified atom stereocenters. The zero-order valence-electron chi connectivity index (χ0n) is 14.4. The molecule has 1 aliphatic heterocycles. The Kier molecular flexibility index (Phi) is 4.18. The quantitative estimate of drug-likeness (QED) is 0.736. The second-order valence-electron chi connectivity index (χ2n) is 6.76. The van der Waals surface area contributed by atoms with Crippen molar-refractivity contribution in [2.45, 2.75) is 19.8 Å². The average molecular weight is 331 g/mol. The zero-order chi connectivity index (χ0) is 17.2. The Morgan fingerprint density at radius 3 is 2.92 bits per heavy atom. The van der Waals surface area contributed by atoms with Crippen LogP contribution in [0, 0.1) is 12.8 Å². The minimum atomic E-state index is 0.0470. The third-order valence-corrected chi connectivity index (χ3v) is 4.93. The molecule has 25 heavy (non-hydrogen) atoms. The van der Waals surface area contributed by atoms with Gasteiger partial charge in [-0.25, -0.2) is 4.98 Å². The van der Waals surface area contributed by atoms with Crippen LogP contribution in [0.5, 0.6) is 0 Å². The van der Waals surface area contributed by atoms with Crippen LogP contribution in [0.3, 0.4) is 0 Å². The fourth-order valence-corrected chi connectivity index (χ4v) is 3.65. The fourth-order valence-electron chi connectivity index (χ4n) is 3.65. The van der Waals surface area contributed by atoms with Gasteiger partial charge in [-0.3, -0.25) is 9.78 Å². The van der Waals surface area contributed by atoms with E-state index >= 15 is 0 Å². The standard InChI is InChI=1S/C21H21N3O/c1-15-5-4-8-20(23-15)21(25)24-12-10-16(14-24)13-17-9-11-22-19-7-3-2-6-18(17)19/h2-9,11,16H,10,12-14H2,1H3/t16-/m0/s1. The molecule has 4 rings (SSSR count). The Morgan fingerprint density at radius 1 is 1.16 bits per heavy atom. The number of carbonyl (C=O) groups excluding carboxylic acids is 1. The number of aryl methyl sites for hydroxylation is 1. The first-order valence-electron chi connectivity index (χ1n) is 8.76. The number of carbonyl (C=O) groups is 1. The third kappa shape index (κ3) is 3.25. The summed E-state index contributed by atoms with van der Waals surface area (Å²) in [5, 5.41) is 1.22. The van der Waals surface area contributed by atoms with E-state index in [0.717, 1.165) is 37.1 Å². The Balaban J connectivity index is 1.48. The number of aromatic nitrogens is 2. The summed E-state index contributed by atoms with van der Waals surface area (Å²) in [4.78, 5) is 23.4. The van der Waals surface area contributed by atoms with Gasteiger partial charge in [0.25, 0.3) is 5.91 Å². The van der Waals surface area contributed by atoms with Crippen LogP contribution in [-0.2, 0) is 6.42 Å². The largest absolute Gasteiger partial charge is 0.337 e. The third-order valence-electron chi connectivity index (χ3n) is 4.93. The van der Waals surface area contributed by atoms with Gasteiger partial charge in [0.05, 0.1) is 5.52 Å². The molecule has 0 saturated carbocycles. The van der Waals surface area contributed by atoms with Crippen molar-refractivity contribution in [3.05, 3.63) is 71.7 Å². The van der Waals surface area contributed by atoms with Gasteiger partial charge < -0.3 is 4.90 Å². The fraction of sp³-hybridized carbons (Fsp3) is 0.286. The van der Waals surface area contributed by atoms with E-state index in [1.54, 1.807) is 6.07 Å². The van der Waals surface area contributed by atoms with E-state index in [0.29, 0.717) is 11.6 Å². The second kappa shape index (κ2) is 6.63. The van der Waals surface area contributed by atoms with E-state index in [-0.39, 0.29) is 5.91 Å². The summed E-state index contributed by atoms with van der Waals surface area (Å²) in [6, 6.07) is 16.0. The predicted molar refractivity (Wildman–Crippen MR) is 98.4 cm³/mol. The van der Waals surface area contributed by atoms with Gasteiger partial charge >= 0.3 is 0 Å². The van der Waals surface area contributed by atoms with Crippen LogP contribution in [0.1, 0.15) is 28.2 Å². The molecule has 0 aliphatic carbocycles. The molecule has 0 N–H and O–H groups in total. The van der Waals surface area contributed by atoms with Gasteiger partial charge in [-0.1, -0.05) is 24.3 Å². The van der Waals surface area contributed by atoms with Crippen LogP contribution in [0.15, 0.2) is 54.7 Å². The number of amides is 1. The topological polar surface area (TPSA) is 46.1 Å². The summed E-state index contributed by atoms with van der Waals surface area (Å²) in [6.45, 7) is 3.52. The molecule has 0 spiro atoms. The number of benzene rings is 1. The van der Waals surface area contributed by atoms with Crippen molar-refractivity contribution in [3.63, 3.8) is 0 Å². The maximum Gasteiger partial charge on any atom is 0.272 e. The highest BCUT2D eigenvalue weighted by molar-refractivity contribution is 5.92. The first-order chi connectivity index (χ1) is 12.2. The van der Waals surface area contributed by atoms with Crippen LogP contribution in [0.2, 0.25) is 0 Å². The molecule has 2 aromatic heterocycles. The number of hydrogen-bond acceptors (Lipinski definition) is 3. The van der Waals surface area contributed by atoms with Crippen LogP contribution in [0.4, 0.5) is 0 Å². The molecule has 1 aliphatic rings. The SMILES string of the molecule is Cc1cccc(C(=O)N2CC[C@@H](Cc3ccnc4ccccc34)C2)n1. The molecule has 1 saturated heterocycles. The van der Waals surface area contributed by atoms with E-state index in [9.17, 15) is 4.79 Å². The maximum absolute atomic E-state index is 12.7. The summed E-state index contributed by atoms with van der Waals surface area (Å²) >= 11 is 0. The summed E-state index contributed by atoms with van der Waals surface area (Å²) in [5.74, 6) is 0.533. The van der Waals surface area contributed by atoms with Crippen molar-refractivity contribution in [1.29, 1.82) is 0 Å². The van der Waals surface area contributed by atoms with Crippen molar-refractivity contribution < 1.29 is 4.79 Å². The number of rotatable bonds is 3. The molecule has 0 bridgehead atoms. The molecular formula is C21H21N3O. The summed E-state index contributed by atoms with van der Waals surface area (Å²) in [7, 11) is 0.